The van der Waals surface area contributed by atoms with Crippen molar-refractivity contribution in [3.8, 4) is 17.1 Å². The molecular weight excluding hydrogens is 392 g/mol. The third-order valence-corrected chi connectivity index (χ3v) is 5.37. The number of hydrogen-bond donors (Lipinski definition) is 0. The van der Waals surface area contributed by atoms with E-state index in [1.807, 2.05) is 49.9 Å². The third-order valence-electron chi connectivity index (χ3n) is 5.37. The zero-order valence-electron chi connectivity index (χ0n) is 17.2. The van der Waals surface area contributed by atoms with E-state index in [4.69, 9.17) is 4.74 Å². The van der Waals surface area contributed by atoms with Crippen LogP contribution in [0, 0.1) is 0 Å². The van der Waals surface area contributed by atoms with E-state index in [9.17, 15) is 4.79 Å². The second-order valence-electron chi connectivity index (χ2n) is 7.66. The molecule has 1 aromatic carbocycles. The molecule has 3 aromatic heterocycles. The van der Waals surface area contributed by atoms with Crippen LogP contribution in [0.3, 0.4) is 0 Å². The molecule has 1 atom stereocenters. The van der Waals surface area contributed by atoms with Gasteiger partial charge in [-0.05, 0) is 24.5 Å². The summed E-state index contributed by atoms with van der Waals surface area (Å²) in [5.74, 6) is 0.650. The molecule has 1 saturated heterocycles. The Morgan fingerprint density at radius 1 is 1.16 bits per heavy atom. The Bertz CT molecular complexity index is 1260. The van der Waals surface area contributed by atoms with Crippen LogP contribution in [0.4, 0.5) is 0 Å². The average molecular weight is 414 g/mol. The van der Waals surface area contributed by atoms with E-state index in [0.29, 0.717) is 17.9 Å². The van der Waals surface area contributed by atoms with Crippen LogP contribution in [0.1, 0.15) is 35.8 Å². The lowest BCUT2D eigenvalue weighted by molar-refractivity contribution is 0.111. The monoisotopic (exact) mass is 414 g/mol. The lowest BCUT2D eigenvalue weighted by Gasteiger charge is -2.10. The Kier molecular flexibility index (Phi) is 5.13. The van der Waals surface area contributed by atoms with Crippen LogP contribution in [0.5, 0.6) is 0 Å². The minimum absolute atomic E-state index is 0.0947. The maximum Gasteiger partial charge on any atom is 0.203 e. The van der Waals surface area contributed by atoms with Gasteiger partial charge in [0.2, 0.25) is 5.43 Å². The fourth-order valence-electron chi connectivity index (χ4n) is 3.75. The van der Waals surface area contributed by atoms with Gasteiger partial charge in [0, 0.05) is 55.9 Å². The lowest BCUT2D eigenvalue weighted by atomic mass is 10.1. The highest BCUT2D eigenvalue weighted by atomic mass is 16.5. The Morgan fingerprint density at radius 2 is 2.03 bits per heavy atom. The fourth-order valence-corrected chi connectivity index (χ4v) is 3.75. The topological polar surface area (TPSA) is 87.7 Å². The third kappa shape index (κ3) is 4.15. The quantitative estimate of drug-likeness (QED) is 0.499. The van der Waals surface area contributed by atoms with Crippen molar-refractivity contribution >= 4 is 0 Å². The molecule has 0 aliphatic carbocycles. The fraction of sp³-hybridized carbons (Fsp3) is 0.261. The van der Waals surface area contributed by atoms with Crippen molar-refractivity contribution < 1.29 is 4.74 Å². The van der Waals surface area contributed by atoms with Gasteiger partial charge >= 0.3 is 0 Å². The number of hydrogen-bond acceptors (Lipinski definition) is 6. The molecule has 0 saturated carbocycles. The van der Waals surface area contributed by atoms with Gasteiger partial charge in [0.15, 0.2) is 5.82 Å². The van der Waals surface area contributed by atoms with Crippen molar-refractivity contribution in [1.29, 1.82) is 0 Å². The van der Waals surface area contributed by atoms with Crippen LogP contribution in [0.25, 0.3) is 17.1 Å². The molecule has 0 amide bonds. The molecule has 0 bridgehead atoms. The number of rotatable bonds is 5. The first kappa shape index (κ1) is 19.3. The van der Waals surface area contributed by atoms with Gasteiger partial charge in [-0.25, -0.2) is 14.6 Å². The Morgan fingerprint density at radius 3 is 2.77 bits per heavy atom. The second kappa shape index (κ2) is 8.23. The molecule has 1 fully saturated rings. The smallest absolute Gasteiger partial charge is 0.203 e. The molecule has 156 valence electrons. The summed E-state index contributed by atoms with van der Waals surface area (Å²) in [6.45, 7) is 0.796. The van der Waals surface area contributed by atoms with Gasteiger partial charge in [0.25, 0.3) is 0 Å². The molecule has 8 nitrogen and oxygen atoms in total. The van der Waals surface area contributed by atoms with Gasteiger partial charge in [-0.2, -0.15) is 10.2 Å². The highest BCUT2D eigenvalue weighted by molar-refractivity contribution is 5.56. The largest absolute Gasteiger partial charge is 0.373 e. The lowest BCUT2D eigenvalue weighted by Crippen LogP contribution is -2.16. The molecule has 4 aromatic rings. The van der Waals surface area contributed by atoms with Crippen LogP contribution >= 0.6 is 0 Å². The van der Waals surface area contributed by atoms with E-state index in [0.717, 1.165) is 41.8 Å². The summed E-state index contributed by atoms with van der Waals surface area (Å²) in [7, 11) is 1.84. The standard InChI is InChI=1S/C23H22N6O2/c1-28-15-19(14-26-28)29-8-7-21(30)20(27-29)11-16-4-2-5-17(10-16)23-24-12-18(13-25-23)22-6-3-9-31-22/h2,4-5,7-8,10,12-15,22H,3,6,9,11H2,1H3. The van der Waals surface area contributed by atoms with Crippen LogP contribution in [-0.4, -0.2) is 36.1 Å². The summed E-state index contributed by atoms with van der Waals surface area (Å²) in [5, 5.41) is 8.68. The molecule has 5 rings (SSSR count). The second-order valence-corrected chi connectivity index (χ2v) is 7.66. The SMILES string of the molecule is Cn1cc(-n2ccc(=O)c(Cc3cccc(-c4ncc(C5CCCO5)cn4)c3)n2)cn1. The number of aryl methyl sites for hydroxylation is 1. The molecule has 4 heterocycles. The zero-order valence-corrected chi connectivity index (χ0v) is 17.2. The summed E-state index contributed by atoms with van der Waals surface area (Å²) in [4.78, 5) is 21.5. The van der Waals surface area contributed by atoms with Gasteiger partial charge in [0.1, 0.15) is 11.4 Å². The van der Waals surface area contributed by atoms with Gasteiger partial charge in [0.05, 0.1) is 18.5 Å². The van der Waals surface area contributed by atoms with Crippen molar-refractivity contribution in [2.45, 2.75) is 25.4 Å². The van der Waals surface area contributed by atoms with Gasteiger partial charge in [-0.1, -0.05) is 18.2 Å². The van der Waals surface area contributed by atoms with Crippen molar-refractivity contribution in [2.75, 3.05) is 6.61 Å². The van der Waals surface area contributed by atoms with Crippen molar-refractivity contribution in [3.63, 3.8) is 0 Å². The molecule has 31 heavy (non-hydrogen) atoms. The van der Waals surface area contributed by atoms with Crippen molar-refractivity contribution in [1.82, 2.24) is 29.5 Å². The molecule has 1 unspecified atom stereocenters. The van der Waals surface area contributed by atoms with E-state index in [1.54, 1.807) is 21.8 Å². The van der Waals surface area contributed by atoms with Gasteiger partial charge in [-0.3, -0.25) is 9.48 Å². The normalized spacial score (nSPS) is 16.0. The average Bonchev–Trinajstić information content (AvgIpc) is 3.48. The Hall–Kier alpha value is -3.65. The Labute approximate surface area is 179 Å². The summed E-state index contributed by atoms with van der Waals surface area (Å²) < 4.78 is 9.06. The van der Waals surface area contributed by atoms with Crippen LogP contribution in [0.15, 0.2) is 66.1 Å². The van der Waals surface area contributed by atoms with Gasteiger partial charge in [-0.15, -0.1) is 0 Å². The van der Waals surface area contributed by atoms with E-state index in [1.165, 1.54) is 6.07 Å². The number of benzene rings is 1. The summed E-state index contributed by atoms with van der Waals surface area (Å²) >= 11 is 0. The van der Waals surface area contributed by atoms with Crippen molar-refractivity contribution in [2.24, 2.45) is 7.05 Å². The molecule has 0 radical (unpaired) electrons. The van der Waals surface area contributed by atoms with Crippen LogP contribution < -0.4 is 5.43 Å². The molecule has 8 heteroatoms. The van der Waals surface area contributed by atoms with E-state index in [-0.39, 0.29) is 11.5 Å². The predicted molar refractivity (Wildman–Crippen MR) is 115 cm³/mol. The summed E-state index contributed by atoms with van der Waals surface area (Å²) in [6, 6.07) is 9.43. The summed E-state index contributed by atoms with van der Waals surface area (Å²) in [5.41, 5.74) is 4.07. The van der Waals surface area contributed by atoms with Crippen LogP contribution in [-0.2, 0) is 18.2 Å². The van der Waals surface area contributed by atoms with Gasteiger partial charge < -0.3 is 4.74 Å². The predicted octanol–water partition coefficient (Wildman–Crippen LogP) is 2.87. The number of ether oxygens (including phenoxy) is 1. The highest BCUT2D eigenvalue weighted by Crippen LogP contribution is 2.28. The zero-order chi connectivity index (χ0) is 21.2. The van der Waals surface area contributed by atoms with E-state index >= 15 is 0 Å². The maximum atomic E-state index is 12.4. The van der Waals surface area contributed by atoms with Crippen molar-refractivity contribution in [3.05, 3.63) is 88.4 Å². The maximum absolute atomic E-state index is 12.4. The number of aromatic nitrogens is 6. The minimum atomic E-state index is -0.0947. The first-order valence-electron chi connectivity index (χ1n) is 10.3. The minimum Gasteiger partial charge on any atom is -0.373 e. The highest BCUT2D eigenvalue weighted by Gasteiger charge is 2.18. The molecule has 0 spiro atoms. The molecule has 1 aliphatic heterocycles. The molecular formula is C23H22N6O2. The van der Waals surface area contributed by atoms with E-state index < -0.39 is 0 Å². The molecule has 1 aliphatic rings. The summed E-state index contributed by atoms with van der Waals surface area (Å²) in [6.07, 6.45) is 11.5. The first-order valence-corrected chi connectivity index (χ1v) is 10.3. The first-order chi connectivity index (χ1) is 15.2. The van der Waals surface area contributed by atoms with Crippen LogP contribution in [0.2, 0.25) is 0 Å². The number of nitrogens with zero attached hydrogens (tertiary/aromatic N) is 6. The Balaban J connectivity index is 1.39. The molecule has 0 N–H and O–H groups in total. The van der Waals surface area contributed by atoms with E-state index in [2.05, 4.69) is 20.2 Å².